The molecule has 0 unspecified atom stereocenters. The minimum atomic E-state index is -0.627. The Bertz CT molecular complexity index is 1390. The number of benzene rings is 2. The molecule has 0 aliphatic rings. The van der Waals surface area contributed by atoms with Crippen LogP contribution in [0.3, 0.4) is 0 Å². The molecule has 2 aromatic carbocycles. The Morgan fingerprint density at radius 2 is 2.00 bits per heavy atom. The highest BCUT2D eigenvalue weighted by Gasteiger charge is 2.20. The number of fused-ring (bicyclic) bond motifs is 1. The first kappa shape index (κ1) is 22.2. The van der Waals surface area contributed by atoms with Crippen molar-refractivity contribution in [1.29, 1.82) is 0 Å². The Hall–Kier alpha value is -4.05. The van der Waals surface area contributed by atoms with Crippen LogP contribution in [0.15, 0.2) is 83.0 Å². The van der Waals surface area contributed by atoms with Crippen LogP contribution in [0.5, 0.6) is 0 Å². The molecule has 33 heavy (non-hydrogen) atoms. The van der Waals surface area contributed by atoms with Crippen LogP contribution < -0.4 is 10.9 Å². The van der Waals surface area contributed by atoms with Gasteiger partial charge in [0.05, 0.1) is 27.6 Å². The number of rotatable bonds is 7. The summed E-state index contributed by atoms with van der Waals surface area (Å²) in [4.78, 5) is 45.2. The zero-order valence-corrected chi connectivity index (χ0v) is 18.4. The minimum Gasteiger partial charge on any atom is -0.325 e. The molecule has 4 aromatic rings. The molecule has 0 radical (unpaired) electrons. The molecule has 0 aliphatic heterocycles. The van der Waals surface area contributed by atoms with Crippen LogP contribution in [-0.2, 0) is 11.3 Å². The van der Waals surface area contributed by atoms with E-state index in [4.69, 9.17) is 0 Å². The van der Waals surface area contributed by atoms with E-state index in [1.165, 1.54) is 22.8 Å². The van der Waals surface area contributed by atoms with Crippen molar-refractivity contribution in [3.63, 3.8) is 0 Å². The van der Waals surface area contributed by atoms with Crippen LogP contribution in [-0.4, -0.2) is 30.6 Å². The largest absolute Gasteiger partial charge is 0.325 e. The number of amides is 1. The maximum atomic E-state index is 13.2. The molecule has 1 atom stereocenters. The maximum absolute atomic E-state index is 13.2. The summed E-state index contributed by atoms with van der Waals surface area (Å²) in [6.45, 7) is 1.94. The van der Waals surface area contributed by atoms with Gasteiger partial charge in [-0.05, 0) is 36.8 Å². The number of nitro benzene ring substituents is 1. The van der Waals surface area contributed by atoms with Crippen molar-refractivity contribution in [1.82, 2.24) is 14.5 Å². The topological polar surface area (TPSA) is 120 Å². The molecule has 10 heteroatoms. The number of carbonyl (C=O) groups excluding carboxylic acids is 1. The zero-order valence-electron chi connectivity index (χ0n) is 17.5. The van der Waals surface area contributed by atoms with Crippen LogP contribution in [0.2, 0.25) is 0 Å². The molecule has 0 spiro atoms. The van der Waals surface area contributed by atoms with E-state index in [2.05, 4.69) is 15.3 Å². The molecule has 4 rings (SSSR count). The summed E-state index contributed by atoms with van der Waals surface area (Å²) in [5.41, 5.74) is 1.36. The van der Waals surface area contributed by atoms with Gasteiger partial charge in [-0.15, -0.1) is 0 Å². The summed E-state index contributed by atoms with van der Waals surface area (Å²) in [6, 6.07) is 16.4. The number of pyridine rings is 1. The predicted molar refractivity (Wildman–Crippen MR) is 126 cm³/mol. The third-order valence-corrected chi connectivity index (χ3v) is 5.96. The number of anilines is 1. The lowest BCUT2D eigenvalue weighted by molar-refractivity contribution is -0.384. The third kappa shape index (κ3) is 5.07. The maximum Gasteiger partial charge on any atom is 0.271 e. The van der Waals surface area contributed by atoms with Gasteiger partial charge in [-0.2, -0.15) is 0 Å². The van der Waals surface area contributed by atoms with Gasteiger partial charge in [0.25, 0.3) is 11.2 Å². The number of nitrogens with zero attached hydrogens (tertiary/aromatic N) is 4. The first-order chi connectivity index (χ1) is 15.9. The number of carbonyl (C=O) groups is 1. The smallest absolute Gasteiger partial charge is 0.271 e. The van der Waals surface area contributed by atoms with Gasteiger partial charge in [0.2, 0.25) is 5.91 Å². The van der Waals surface area contributed by atoms with Crippen molar-refractivity contribution >= 4 is 39.9 Å². The molecule has 166 valence electrons. The van der Waals surface area contributed by atoms with E-state index in [0.717, 1.165) is 17.3 Å². The van der Waals surface area contributed by atoms with Gasteiger partial charge >= 0.3 is 0 Å². The van der Waals surface area contributed by atoms with Crippen molar-refractivity contribution in [3.8, 4) is 0 Å². The second-order valence-corrected chi connectivity index (χ2v) is 8.53. The highest BCUT2D eigenvalue weighted by molar-refractivity contribution is 8.00. The van der Waals surface area contributed by atoms with E-state index in [1.54, 1.807) is 55.7 Å². The molecule has 1 amide bonds. The van der Waals surface area contributed by atoms with Crippen molar-refractivity contribution in [3.05, 3.63) is 99.1 Å². The summed E-state index contributed by atoms with van der Waals surface area (Å²) in [7, 11) is 0. The Balaban J connectivity index is 1.63. The number of non-ortho nitro benzene ring substituents is 1. The molecule has 0 fully saturated rings. The Kier molecular flexibility index (Phi) is 6.45. The van der Waals surface area contributed by atoms with Gasteiger partial charge < -0.3 is 5.32 Å². The lowest BCUT2D eigenvalue weighted by Crippen LogP contribution is -2.27. The van der Waals surface area contributed by atoms with Crippen LogP contribution >= 0.6 is 11.8 Å². The van der Waals surface area contributed by atoms with E-state index in [9.17, 15) is 19.7 Å². The van der Waals surface area contributed by atoms with E-state index >= 15 is 0 Å². The molecule has 2 aromatic heterocycles. The monoisotopic (exact) mass is 461 g/mol. The van der Waals surface area contributed by atoms with Gasteiger partial charge in [0.15, 0.2) is 5.16 Å². The molecule has 1 N–H and O–H groups in total. The third-order valence-electron chi connectivity index (χ3n) is 4.87. The van der Waals surface area contributed by atoms with E-state index in [1.807, 2.05) is 6.07 Å². The second kappa shape index (κ2) is 9.61. The highest BCUT2D eigenvalue weighted by atomic mass is 32.2. The van der Waals surface area contributed by atoms with E-state index in [0.29, 0.717) is 21.7 Å². The van der Waals surface area contributed by atoms with Gasteiger partial charge in [-0.25, -0.2) is 4.98 Å². The Morgan fingerprint density at radius 1 is 1.18 bits per heavy atom. The molecular formula is C23H19N5O4S. The molecule has 0 bridgehead atoms. The second-order valence-electron chi connectivity index (χ2n) is 7.22. The standard InChI is InChI=1S/C23H19N5O4S/c1-15(21(29)25-17-7-4-8-18(12-17)28(31)32)33-23-26-20-10-3-2-9-19(20)22(30)27(23)14-16-6-5-11-24-13-16/h2-13,15H,14H2,1H3,(H,25,29)/t15-/m1/s1. The highest BCUT2D eigenvalue weighted by Crippen LogP contribution is 2.25. The Labute approximate surface area is 192 Å². The van der Waals surface area contributed by atoms with Crippen LogP contribution in [0, 0.1) is 10.1 Å². The summed E-state index contributed by atoms with van der Waals surface area (Å²) in [5.74, 6) is -0.365. The van der Waals surface area contributed by atoms with Gasteiger partial charge in [-0.3, -0.25) is 29.3 Å². The first-order valence-electron chi connectivity index (χ1n) is 10.0. The van der Waals surface area contributed by atoms with Crippen molar-refractivity contribution in [2.24, 2.45) is 0 Å². The lowest BCUT2D eigenvalue weighted by atomic mass is 10.2. The van der Waals surface area contributed by atoms with Crippen LogP contribution in [0.1, 0.15) is 12.5 Å². The Morgan fingerprint density at radius 3 is 2.76 bits per heavy atom. The summed E-state index contributed by atoms with van der Waals surface area (Å²) < 4.78 is 1.53. The first-order valence-corrected chi connectivity index (χ1v) is 10.9. The van der Waals surface area contributed by atoms with Crippen molar-refractivity contribution in [2.45, 2.75) is 23.9 Å². The van der Waals surface area contributed by atoms with Gasteiger partial charge in [0, 0.05) is 30.2 Å². The minimum absolute atomic E-state index is 0.116. The predicted octanol–water partition coefficient (Wildman–Crippen LogP) is 3.87. The number of thioether (sulfide) groups is 1. The van der Waals surface area contributed by atoms with Crippen molar-refractivity contribution < 1.29 is 9.72 Å². The van der Waals surface area contributed by atoms with E-state index < -0.39 is 10.2 Å². The zero-order chi connectivity index (χ0) is 23.4. The SMILES string of the molecule is C[C@@H](Sc1nc2ccccc2c(=O)n1Cc1cccnc1)C(=O)Nc1cccc([N+](=O)[O-])c1. The summed E-state index contributed by atoms with van der Waals surface area (Å²) in [5, 5.41) is 13.9. The average molecular weight is 462 g/mol. The van der Waals surface area contributed by atoms with Crippen molar-refractivity contribution in [2.75, 3.05) is 5.32 Å². The van der Waals surface area contributed by atoms with Crippen LogP contribution in [0.25, 0.3) is 10.9 Å². The average Bonchev–Trinajstić information content (AvgIpc) is 2.82. The number of aromatic nitrogens is 3. The summed E-state index contributed by atoms with van der Waals surface area (Å²) >= 11 is 1.14. The molecule has 0 saturated carbocycles. The molecule has 2 heterocycles. The molecular weight excluding hydrogens is 442 g/mol. The number of nitro groups is 1. The number of hydrogen-bond acceptors (Lipinski definition) is 7. The van der Waals surface area contributed by atoms with E-state index in [-0.39, 0.29) is 23.7 Å². The van der Waals surface area contributed by atoms with Gasteiger partial charge in [-0.1, -0.05) is 36.0 Å². The lowest BCUT2D eigenvalue weighted by Gasteiger charge is -2.16. The normalized spacial score (nSPS) is 11.8. The fourth-order valence-corrected chi connectivity index (χ4v) is 4.11. The van der Waals surface area contributed by atoms with Gasteiger partial charge in [0.1, 0.15) is 0 Å². The molecule has 9 nitrogen and oxygen atoms in total. The molecule has 0 saturated heterocycles. The molecule has 0 aliphatic carbocycles. The van der Waals surface area contributed by atoms with Crippen LogP contribution in [0.4, 0.5) is 11.4 Å². The fourth-order valence-electron chi connectivity index (χ4n) is 3.20. The number of hydrogen-bond donors (Lipinski definition) is 1. The fraction of sp³-hybridized carbons (Fsp3) is 0.130. The summed E-state index contributed by atoms with van der Waals surface area (Å²) in [6.07, 6.45) is 3.33. The quantitative estimate of drug-likeness (QED) is 0.192. The number of nitrogens with one attached hydrogen (secondary N) is 1. The number of para-hydroxylation sites is 1.